The predicted octanol–water partition coefficient (Wildman–Crippen LogP) is 3.06. The summed E-state index contributed by atoms with van der Waals surface area (Å²) in [6.07, 6.45) is 3.25. The first kappa shape index (κ1) is 17.1. The van der Waals surface area contributed by atoms with Gasteiger partial charge in [0.2, 0.25) is 11.8 Å². The van der Waals surface area contributed by atoms with Crippen molar-refractivity contribution in [3.05, 3.63) is 59.7 Å². The Bertz CT molecular complexity index is 695. The number of rotatable bonds is 5. The number of benzene rings is 2. The van der Waals surface area contributed by atoms with Crippen LogP contribution in [0.4, 0.5) is 11.4 Å². The lowest BCUT2D eigenvalue weighted by molar-refractivity contribution is -0.115. The van der Waals surface area contributed by atoms with Crippen molar-refractivity contribution in [2.75, 3.05) is 10.6 Å². The lowest BCUT2D eigenvalue weighted by atomic mass is 10.2. The zero-order valence-electron chi connectivity index (χ0n) is 13.5. The van der Waals surface area contributed by atoms with Crippen molar-refractivity contribution in [2.24, 2.45) is 10.2 Å². The molecule has 0 atom stereocenters. The van der Waals surface area contributed by atoms with E-state index in [-0.39, 0.29) is 11.8 Å². The molecule has 0 heterocycles. The number of carbonyl (C=O) groups is 2. The summed E-state index contributed by atoms with van der Waals surface area (Å²) < 4.78 is 0. The van der Waals surface area contributed by atoms with Gasteiger partial charge in [0.1, 0.15) is 0 Å². The maximum Gasteiger partial charge on any atom is 0.221 e. The Kier molecular flexibility index (Phi) is 5.96. The van der Waals surface area contributed by atoms with Crippen LogP contribution < -0.4 is 10.6 Å². The number of nitrogens with zero attached hydrogens (tertiary/aromatic N) is 2. The molecule has 2 N–H and O–H groups in total. The van der Waals surface area contributed by atoms with Crippen molar-refractivity contribution in [1.29, 1.82) is 0 Å². The van der Waals surface area contributed by atoms with Crippen molar-refractivity contribution in [3.63, 3.8) is 0 Å². The fourth-order valence-corrected chi connectivity index (χ4v) is 1.91. The molecule has 6 heteroatoms. The van der Waals surface area contributed by atoms with Crippen molar-refractivity contribution in [1.82, 2.24) is 0 Å². The topological polar surface area (TPSA) is 82.9 Å². The van der Waals surface area contributed by atoms with Gasteiger partial charge in [-0.1, -0.05) is 24.3 Å². The first-order valence-electron chi connectivity index (χ1n) is 7.34. The summed E-state index contributed by atoms with van der Waals surface area (Å²) in [5, 5.41) is 13.4. The quantitative estimate of drug-likeness (QED) is 0.655. The van der Waals surface area contributed by atoms with Gasteiger partial charge in [0, 0.05) is 25.2 Å². The van der Waals surface area contributed by atoms with E-state index in [2.05, 4.69) is 20.8 Å². The van der Waals surface area contributed by atoms with Crippen LogP contribution in [0.2, 0.25) is 0 Å². The highest BCUT2D eigenvalue weighted by Gasteiger charge is 1.95. The minimum absolute atomic E-state index is 0.106. The summed E-state index contributed by atoms with van der Waals surface area (Å²) in [5.41, 5.74) is 3.23. The van der Waals surface area contributed by atoms with E-state index >= 15 is 0 Å². The van der Waals surface area contributed by atoms with Crippen LogP contribution in [0, 0.1) is 0 Å². The maximum absolute atomic E-state index is 10.9. The number of hydrogen-bond acceptors (Lipinski definition) is 4. The van der Waals surface area contributed by atoms with E-state index in [1.165, 1.54) is 13.8 Å². The summed E-state index contributed by atoms with van der Waals surface area (Å²) in [5.74, 6) is -0.212. The van der Waals surface area contributed by atoms with Gasteiger partial charge in [-0.05, 0) is 35.4 Å². The molecule has 0 bridgehead atoms. The second-order valence-electron chi connectivity index (χ2n) is 5.10. The van der Waals surface area contributed by atoms with Crippen LogP contribution in [0.15, 0.2) is 58.7 Å². The molecule has 2 amide bonds. The number of carbonyl (C=O) groups excluding carboxylic acids is 2. The smallest absolute Gasteiger partial charge is 0.221 e. The Morgan fingerprint density at radius 2 is 1.04 bits per heavy atom. The molecule has 0 aliphatic carbocycles. The first-order chi connectivity index (χ1) is 11.5. The van der Waals surface area contributed by atoms with Crippen LogP contribution in [-0.4, -0.2) is 24.2 Å². The summed E-state index contributed by atoms with van der Waals surface area (Å²) in [4.78, 5) is 21.9. The van der Waals surface area contributed by atoms with E-state index in [4.69, 9.17) is 0 Å². The molecule has 0 saturated carbocycles. The molecule has 0 unspecified atom stereocenters. The van der Waals surface area contributed by atoms with Gasteiger partial charge >= 0.3 is 0 Å². The van der Waals surface area contributed by atoms with Gasteiger partial charge in [0.25, 0.3) is 0 Å². The zero-order chi connectivity index (χ0) is 17.4. The molecular formula is C18H18N4O2. The standard InChI is InChI=1S/C18H18N4O2/c1-13(23)21-17-7-3-15(4-8-17)11-19-20-12-16-5-9-18(10-6-16)22-14(2)24/h3-12H,1-2H3,(H,21,23)(H,22,24)/b19-11-,20-12+. The lowest BCUT2D eigenvalue weighted by Gasteiger charge is -2.01. The van der Waals surface area contributed by atoms with Crippen LogP contribution >= 0.6 is 0 Å². The molecule has 0 radical (unpaired) electrons. The van der Waals surface area contributed by atoms with Crippen molar-refractivity contribution in [2.45, 2.75) is 13.8 Å². The molecule has 6 nitrogen and oxygen atoms in total. The van der Waals surface area contributed by atoms with Gasteiger partial charge in [-0.25, -0.2) is 0 Å². The third kappa shape index (κ3) is 5.84. The molecule has 2 aromatic carbocycles. The van der Waals surface area contributed by atoms with Crippen molar-refractivity contribution in [3.8, 4) is 0 Å². The number of hydrogen-bond donors (Lipinski definition) is 2. The largest absolute Gasteiger partial charge is 0.326 e. The Hall–Kier alpha value is -3.28. The van der Waals surface area contributed by atoms with E-state index in [1.54, 1.807) is 36.7 Å². The number of amides is 2. The van der Waals surface area contributed by atoms with E-state index < -0.39 is 0 Å². The van der Waals surface area contributed by atoms with Crippen LogP contribution in [0.5, 0.6) is 0 Å². The molecule has 122 valence electrons. The molecule has 0 aliphatic rings. The molecule has 0 aromatic heterocycles. The van der Waals surface area contributed by atoms with E-state index in [0.29, 0.717) is 0 Å². The normalized spacial score (nSPS) is 10.9. The van der Waals surface area contributed by atoms with E-state index in [0.717, 1.165) is 22.5 Å². The summed E-state index contributed by atoms with van der Waals surface area (Å²) in [7, 11) is 0. The van der Waals surface area contributed by atoms with E-state index in [9.17, 15) is 9.59 Å². The average molecular weight is 322 g/mol. The van der Waals surface area contributed by atoms with Crippen LogP contribution in [0.25, 0.3) is 0 Å². The van der Waals surface area contributed by atoms with Crippen LogP contribution in [0.1, 0.15) is 25.0 Å². The predicted molar refractivity (Wildman–Crippen MR) is 96.7 cm³/mol. The second-order valence-corrected chi connectivity index (χ2v) is 5.10. The van der Waals surface area contributed by atoms with E-state index in [1.807, 2.05) is 24.3 Å². The Labute approximate surface area is 140 Å². The third-order valence-corrected chi connectivity index (χ3v) is 2.94. The van der Waals surface area contributed by atoms with Crippen LogP contribution in [-0.2, 0) is 9.59 Å². The molecule has 24 heavy (non-hydrogen) atoms. The fraction of sp³-hybridized carbons (Fsp3) is 0.111. The van der Waals surface area contributed by atoms with Crippen molar-refractivity contribution < 1.29 is 9.59 Å². The summed E-state index contributed by atoms with van der Waals surface area (Å²) in [6.45, 7) is 2.93. The zero-order valence-corrected chi connectivity index (χ0v) is 13.5. The monoisotopic (exact) mass is 322 g/mol. The highest BCUT2D eigenvalue weighted by Crippen LogP contribution is 2.09. The number of nitrogens with one attached hydrogen (secondary N) is 2. The third-order valence-electron chi connectivity index (χ3n) is 2.94. The maximum atomic E-state index is 10.9. The molecule has 2 rings (SSSR count). The highest BCUT2D eigenvalue weighted by atomic mass is 16.2. The molecule has 2 aromatic rings. The van der Waals surface area contributed by atoms with Crippen LogP contribution in [0.3, 0.4) is 0 Å². The summed E-state index contributed by atoms with van der Waals surface area (Å²) >= 11 is 0. The molecule has 0 spiro atoms. The highest BCUT2D eigenvalue weighted by molar-refractivity contribution is 5.90. The van der Waals surface area contributed by atoms with Gasteiger partial charge in [0.05, 0.1) is 12.4 Å². The lowest BCUT2D eigenvalue weighted by Crippen LogP contribution is -2.05. The minimum Gasteiger partial charge on any atom is -0.326 e. The minimum atomic E-state index is -0.106. The fourth-order valence-electron chi connectivity index (χ4n) is 1.91. The van der Waals surface area contributed by atoms with Gasteiger partial charge in [-0.3, -0.25) is 9.59 Å². The Morgan fingerprint density at radius 1 is 0.708 bits per heavy atom. The van der Waals surface area contributed by atoms with Gasteiger partial charge in [0.15, 0.2) is 0 Å². The molecule has 0 aliphatic heterocycles. The van der Waals surface area contributed by atoms with Crippen molar-refractivity contribution >= 4 is 35.6 Å². The molecule has 0 fully saturated rings. The number of anilines is 2. The average Bonchev–Trinajstić information content (AvgIpc) is 2.53. The van der Waals surface area contributed by atoms with Gasteiger partial charge in [-0.15, -0.1) is 0 Å². The Balaban J connectivity index is 1.91. The first-order valence-corrected chi connectivity index (χ1v) is 7.34. The summed E-state index contributed by atoms with van der Waals surface area (Å²) in [6, 6.07) is 14.6. The SMILES string of the molecule is CC(=O)Nc1ccc(/C=N\N=C\c2ccc(NC(C)=O)cc2)cc1. The molecule has 0 saturated heterocycles. The Morgan fingerprint density at radius 3 is 1.33 bits per heavy atom. The second kappa shape index (κ2) is 8.38. The molecular weight excluding hydrogens is 304 g/mol. The van der Waals surface area contributed by atoms with Gasteiger partial charge in [-0.2, -0.15) is 10.2 Å². The van der Waals surface area contributed by atoms with Gasteiger partial charge < -0.3 is 10.6 Å².